The first kappa shape index (κ1) is 42.9. The molecule has 0 aromatic heterocycles. The van der Waals surface area contributed by atoms with Crippen molar-refractivity contribution in [1.29, 1.82) is 0 Å². The van der Waals surface area contributed by atoms with Gasteiger partial charge in [0.05, 0.1) is 30.2 Å². The maximum atomic E-state index is 14.8. The van der Waals surface area contributed by atoms with Crippen LogP contribution in [0.4, 0.5) is 4.79 Å². The number of fused-ring (bicyclic) bond motifs is 5. The number of benzene rings is 2. The molecule has 0 radical (unpaired) electrons. The molecule has 2 unspecified atom stereocenters. The van der Waals surface area contributed by atoms with E-state index < -0.39 is 112 Å². The molecule has 2 aromatic carbocycles. The molecule has 6 rings (SSSR count). The molecule has 1 amide bonds. The second-order valence-corrected chi connectivity index (χ2v) is 17.6. The lowest BCUT2D eigenvalue weighted by molar-refractivity contribution is -0.357. The number of aliphatic hydroxyl groups excluding tert-OH is 3. The lowest BCUT2D eigenvalue weighted by atomic mass is 9.44. The van der Waals surface area contributed by atoms with Crippen molar-refractivity contribution in [3.05, 3.63) is 82.9 Å². The number of ether oxygens (including phenoxy) is 5. The van der Waals surface area contributed by atoms with Crippen LogP contribution in [-0.4, -0.2) is 110 Å². The van der Waals surface area contributed by atoms with Crippen LogP contribution in [0, 0.1) is 16.7 Å². The fraction of sp³-hybridized carbons (Fsp3) is 0.558. The minimum atomic E-state index is -2.37. The summed E-state index contributed by atoms with van der Waals surface area (Å²) in [5, 5.41) is 51.7. The van der Waals surface area contributed by atoms with E-state index in [1.54, 1.807) is 69.3 Å². The van der Waals surface area contributed by atoms with Gasteiger partial charge in [0.15, 0.2) is 17.5 Å². The van der Waals surface area contributed by atoms with Gasteiger partial charge in [-0.15, -0.1) is 0 Å². The molecule has 15 heteroatoms. The summed E-state index contributed by atoms with van der Waals surface area (Å²) >= 11 is 0. The molecule has 0 spiro atoms. The highest BCUT2D eigenvalue weighted by molar-refractivity contribution is 6.02. The van der Waals surface area contributed by atoms with E-state index in [0.29, 0.717) is 5.56 Å². The largest absolute Gasteiger partial charge is 0.456 e. The highest BCUT2D eigenvalue weighted by Crippen LogP contribution is 2.64. The van der Waals surface area contributed by atoms with E-state index in [9.17, 15) is 44.4 Å². The fourth-order valence-electron chi connectivity index (χ4n) is 9.54. The van der Waals surface area contributed by atoms with Crippen LogP contribution >= 0.6 is 0 Å². The molecule has 314 valence electrons. The number of alkyl carbamates (subject to hydrolysis) is 1. The predicted octanol–water partition coefficient (Wildman–Crippen LogP) is 3.26. The van der Waals surface area contributed by atoms with Gasteiger partial charge in [0.25, 0.3) is 0 Å². The Morgan fingerprint density at radius 2 is 1.55 bits per heavy atom. The van der Waals surface area contributed by atoms with Gasteiger partial charge in [-0.1, -0.05) is 69.3 Å². The number of carbonyl (C=O) groups excluding carboxylic acids is 5. The molecule has 2 saturated carbocycles. The first-order valence-corrected chi connectivity index (χ1v) is 19.3. The molecule has 2 aromatic rings. The average Bonchev–Trinajstić information content (AvgIpc) is 3.14. The van der Waals surface area contributed by atoms with E-state index in [1.807, 2.05) is 0 Å². The number of rotatable bonds is 8. The van der Waals surface area contributed by atoms with Crippen LogP contribution in [0.1, 0.15) is 90.2 Å². The lowest BCUT2D eigenvalue weighted by Crippen LogP contribution is -2.82. The van der Waals surface area contributed by atoms with Crippen LogP contribution in [0.3, 0.4) is 0 Å². The van der Waals surface area contributed by atoms with E-state index in [-0.39, 0.29) is 29.7 Å². The van der Waals surface area contributed by atoms with Gasteiger partial charge in [-0.05, 0) is 51.0 Å². The SMILES string of the molecule is CC(=O)O[C@@]12CO[C@@H]1C[C@H](O)[C@@]1(C)C(O)C(=O)C3=C(C)C(OC(=O)[C@H](O)[C@H](NC(=O)OC(C)(C)C)c4ccccc4)C[C@@](O)([C@@H](OC(=O)c4ccccc4)[C@H]21)C3(C)C. The van der Waals surface area contributed by atoms with Crippen LogP contribution in [0.2, 0.25) is 0 Å². The molecule has 3 fully saturated rings. The summed E-state index contributed by atoms with van der Waals surface area (Å²) in [4.78, 5) is 68.8. The number of hydrogen-bond donors (Lipinski definition) is 5. The van der Waals surface area contributed by atoms with E-state index >= 15 is 0 Å². The lowest BCUT2D eigenvalue weighted by Gasteiger charge is -2.68. The number of Topliss-reactive ketones (excluding diaryl/α,β-unsaturated/α-hetero) is 1. The van der Waals surface area contributed by atoms with Gasteiger partial charge in [-0.3, -0.25) is 9.59 Å². The summed E-state index contributed by atoms with van der Waals surface area (Å²) in [6.45, 7) is 11.8. The number of ketones is 1. The predicted molar refractivity (Wildman–Crippen MR) is 204 cm³/mol. The third kappa shape index (κ3) is 7.10. The van der Waals surface area contributed by atoms with Crippen LogP contribution in [-0.2, 0) is 38.1 Å². The minimum absolute atomic E-state index is 0.0851. The maximum Gasteiger partial charge on any atom is 0.408 e. The summed E-state index contributed by atoms with van der Waals surface area (Å²) in [5.41, 5.74) is -8.21. The molecule has 11 atom stereocenters. The van der Waals surface area contributed by atoms with Crippen molar-refractivity contribution in [2.24, 2.45) is 16.7 Å². The summed E-state index contributed by atoms with van der Waals surface area (Å²) in [6.07, 6.45) is -11.4. The van der Waals surface area contributed by atoms with E-state index in [1.165, 1.54) is 39.8 Å². The smallest absolute Gasteiger partial charge is 0.408 e. The van der Waals surface area contributed by atoms with Crippen molar-refractivity contribution < 1.29 is 68.1 Å². The second kappa shape index (κ2) is 15.2. The first-order valence-electron chi connectivity index (χ1n) is 19.3. The molecule has 1 heterocycles. The van der Waals surface area contributed by atoms with Crippen LogP contribution in [0.15, 0.2) is 71.8 Å². The van der Waals surface area contributed by atoms with Crippen LogP contribution in [0.25, 0.3) is 0 Å². The molecule has 4 aliphatic rings. The Kier molecular flexibility index (Phi) is 11.2. The monoisotopic (exact) mass is 807 g/mol. The molecule has 1 aliphatic heterocycles. The van der Waals surface area contributed by atoms with Gasteiger partial charge in [0.2, 0.25) is 0 Å². The fourth-order valence-corrected chi connectivity index (χ4v) is 9.54. The first-order chi connectivity index (χ1) is 27.0. The average molecular weight is 808 g/mol. The van der Waals surface area contributed by atoms with Gasteiger partial charge in [0.1, 0.15) is 35.6 Å². The van der Waals surface area contributed by atoms with Crippen LogP contribution in [0.5, 0.6) is 0 Å². The summed E-state index contributed by atoms with van der Waals surface area (Å²) in [7, 11) is 0. The molecule has 2 bridgehead atoms. The van der Waals surface area contributed by atoms with Crippen molar-refractivity contribution in [2.45, 2.75) is 128 Å². The number of carbonyl (C=O) groups is 5. The van der Waals surface area contributed by atoms with E-state index in [0.717, 1.165) is 6.92 Å². The summed E-state index contributed by atoms with van der Waals surface area (Å²) < 4.78 is 29.5. The number of nitrogens with one attached hydrogen (secondary N) is 1. The third-order valence-electron chi connectivity index (χ3n) is 12.6. The molecule has 1 saturated heterocycles. The standard InChI is InChI=1S/C43H53NO14/c1-22-26(55-37(51)32(48)30(24-15-11-9-12-16-24)44-38(52)58-39(3,4)5)20-43(53)35(56-36(50)25-17-13-10-14-18-25)33-41(8,34(49)31(47)29(22)40(43,6)7)27(46)19-28-42(33,21-54-28)57-23(2)45/h9-18,26-28,30,32-35,46,48-49,53H,19-21H2,1-8H3,(H,44,52)/t26?,27-,28+,30+,32+,33-,34?,35-,41+,42-,43+/m0/s1. The van der Waals surface area contributed by atoms with E-state index in [4.69, 9.17) is 23.7 Å². The Bertz CT molecular complexity index is 1980. The van der Waals surface area contributed by atoms with Gasteiger partial charge >= 0.3 is 24.0 Å². The number of esters is 3. The van der Waals surface area contributed by atoms with E-state index in [2.05, 4.69) is 5.32 Å². The highest BCUT2D eigenvalue weighted by atomic mass is 16.6. The molecule has 15 nitrogen and oxygen atoms in total. The topological polar surface area (TPSA) is 224 Å². The van der Waals surface area contributed by atoms with Crippen LogP contribution < -0.4 is 5.32 Å². The normalized spacial score (nSPS) is 33.7. The molecular formula is C43H53NO14. The van der Waals surface area contributed by atoms with Crippen molar-refractivity contribution >= 4 is 29.8 Å². The second-order valence-electron chi connectivity index (χ2n) is 17.6. The Hall–Kier alpha value is -4.67. The van der Waals surface area contributed by atoms with Crippen molar-refractivity contribution in [3.8, 4) is 0 Å². The van der Waals surface area contributed by atoms with Crippen molar-refractivity contribution in [3.63, 3.8) is 0 Å². The van der Waals surface area contributed by atoms with Crippen molar-refractivity contribution in [1.82, 2.24) is 5.32 Å². The molecule has 3 aliphatic carbocycles. The Morgan fingerprint density at radius 3 is 2.10 bits per heavy atom. The Balaban J connectivity index is 1.49. The molecule has 58 heavy (non-hydrogen) atoms. The number of amides is 1. The number of hydrogen-bond acceptors (Lipinski definition) is 14. The zero-order chi connectivity index (χ0) is 42.7. The quantitative estimate of drug-likeness (QED) is 0.191. The zero-order valence-electron chi connectivity index (χ0n) is 33.9. The summed E-state index contributed by atoms with van der Waals surface area (Å²) in [6, 6.07) is 14.6. The Labute approximate surface area is 336 Å². The molecular weight excluding hydrogens is 754 g/mol. The van der Waals surface area contributed by atoms with Gasteiger partial charge in [-0.25, -0.2) is 14.4 Å². The Morgan fingerprint density at radius 1 is 0.948 bits per heavy atom. The maximum absolute atomic E-state index is 14.8. The zero-order valence-corrected chi connectivity index (χ0v) is 33.9. The van der Waals surface area contributed by atoms with Gasteiger partial charge in [0, 0.05) is 36.2 Å². The van der Waals surface area contributed by atoms with Crippen molar-refractivity contribution in [2.75, 3.05) is 6.61 Å². The highest BCUT2D eigenvalue weighted by Gasteiger charge is 2.78. The summed E-state index contributed by atoms with van der Waals surface area (Å²) in [5.74, 6) is -5.32. The van der Waals surface area contributed by atoms with Gasteiger partial charge < -0.3 is 49.4 Å². The number of aliphatic hydroxyl groups is 4. The molecule has 5 N–H and O–H groups in total. The van der Waals surface area contributed by atoms with Gasteiger partial charge in [-0.2, -0.15) is 0 Å². The minimum Gasteiger partial charge on any atom is -0.456 e. The third-order valence-corrected chi connectivity index (χ3v) is 12.6.